The summed E-state index contributed by atoms with van der Waals surface area (Å²) in [7, 11) is 6.25. The fourth-order valence-corrected chi connectivity index (χ4v) is 3.70. The van der Waals surface area contributed by atoms with E-state index in [1.165, 1.54) is 26.0 Å². The van der Waals surface area contributed by atoms with Gasteiger partial charge in [0.2, 0.25) is 0 Å². The number of ketones is 1. The first-order valence-corrected chi connectivity index (χ1v) is 10.6. The summed E-state index contributed by atoms with van der Waals surface area (Å²) in [6, 6.07) is 8.86. The highest BCUT2D eigenvalue weighted by Gasteiger charge is 2.20. The summed E-state index contributed by atoms with van der Waals surface area (Å²) in [4.78, 5) is 15.5. The highest BCUT2D eigenvalue weighted by atomic mass is 16.5. The molecule has 0 unspecified atom stereocenters. The minimum Gasteiger partial charge on any atom is -0.496 e. The van der Waals surface area contributed by atoms with E-state index in [9.17, 15) is 4.79 Å². The number of carbonyl (C=O) groups excluding carboxylic acids is 1. The summed E-state index contributed by atoms with van der Waals surface area (Å²) in [5.41, 5.74) is 1.17. The van der Waals surface area contributed by atoms with Crippen LogP contribution in [-0.4, -0.2) is 65.4 Å². The van der Waals surface area contributed by atoms with Gasteiger partial charge in [-0.1, -0.05) is 12.1 Å². The molecule has 2 aromatic carbocycles. The fourth-order valence-electron chi connectivity index (χ4n) is 3.70. The molecule has 1 aliphatic heterocycles. The Balaban J connectivity index is 1.83. The molecule has 0 amide bonds. The molecule has 0 aliphatic carbocycles. The van der Waals surface area contributed by atoms with E-state index in [1.54, 1.807) is 51.7 Å². The zero-order chi connectivity index (χ0) is 22.9. The highest BCUT2D eigenvalue weighted by molar-refractivity contribution is 6.10. The van der Waals surface area contributed by atoms with Gasteiger partial charge in [-0.2, -0.15) is 0 Å². The maximum atomic E-state index is 13.2. The lowest BCUT2D eigenvalue weighted by atomic mass is 10.1. The Morgan fingerprint density at radius 3 is 2.22 bits per heavy atom. The van der Waals surface area contributed by atoms with Gasteiger partial charge in [-0.05, 0) is 49.7 Å². The third-order valence-corrected chi connectivity index (χ3v) is 5.44. The van der Waals surface area contributed by atoms with Crippen LogP contribution >= 0.6 is 0 Å². The van der Waals surface area contributed by atoms with Gasteiger partial charge in [-0.3, -0.25) is 9.69 Å². The first-order chi connectivity index (χ1) is 15.6. The molecule has 0 spiro atoms. The molecule has 32 heavy (non-hydrogen) atoms. The predicted molar refractivity (Wildman–Crippen MR) is 124 cm³/mol. The number of carbonyl (C=O) groups is 1. The Morgan fingerprint density at radius 2 is 1.56 bits per heavy atom. The normalized spacial score (nSPS) is 13.9. The van der Waals surface area contributed by atoms with E-state index in [-0.39, 0.29) is 5.78 Å². The van der Waals surface area contributed by atoms with Crippen molar-refractivity contribution in [3.05, 3.63) is 47.5 Å². The molecule has 0 atom stereocenters. The van der Waals surface area contributed by atoms with E-state index in [2.05, 4.69) is 4.90 Å². The van der Waals surface area contributed by atoms with Gasteiger partial charge in [0.15, 0.2) is 17.3 Å². The Kier molecular flexibility index (Phi) is 8.39. The molecule has 172 valence electrons. The topological polar surface area (TPSA) is 66.5 Å². The zero-order valence-electron chi connectivity index (χ0n) is 19.2. The maximum absolute atomic E-state index is 13.2. The van der Waals surface area contributed by atoms with Gasteiger partial charge in [0.05, 0.1) is 28.4 Å². The number of hydrogen-bond donors (Lipinski definition) is 0. The molecule has 1 aliphatic rings. The molecule has 7 heteroatoms. The lowest BCUT2D eigenvalue weighted by molar-refractivity contribution is 0.104. The third kappa shape index (κ3) is 5.73. The van der Waals surface area contributed by atoms with E-state index in [0.717, 1.165) is 25.2 Å². The second-order valence-corrected chi connectivity index (χ2v) is 7.41. The Labute approximate surface area is 189 Å². The van der Waals surface area contributed by atoms with Crippen LogP contribution in [0.5, 0.6) is 28.7 Å². The lowest BCUT2D eigenvalue weighted by Gasteiger charge is -2.18. The van der Waals surface area contributed by atoms with Crippen molar-refractivity contribution < 1.29 is 28.5 Å². The van der Waals surface area contributed by atoms with Crippen molar-refractivity contribution in [1.82, 2.24) is 4.90 Å². The first-order valence-electron chi connectivity index (χ1n) is 10.6. The summed E-state index contributed by atoms with van der Waals surface area (Å²) in [6.07, 6.45) is 5.66. The molecule has 3 rings (SSSR count). The molecule has 1 saturated heterocycles. The van der Waals surface area contributed by atoms with Crippen LogP contribution in [0.3, 0.4) is 0 Å². The van der Waals surface area contributed by atoms with Crippen LogP contribution in [-0.2, 0) is 0 Å². The van der Waals surface area contributed by atoms with Crippen molar-refractivity contribution in [2.24, 2.45) is 0 Å². The zero-order valence-corrected chi connectivity index (χ0v) is 19.2. The van der Waals surface area contributed by atoms with Crippen LogP contribution in [0.2, 0.25) is 0 Å². The second kappa shape index (κ2) is 11.4. The van der Waals surface area contributed by atoms with Crippen molar-refractivity contribution in [3.63, 3.8) is 0 Å². The summed E-state index contributed by atoms with van der Waals surface area (Å²) < 4.78 is 27.5. The number of likely N-dealkylation sites (tertiary alicyclic amines) is 1. The largest absolute Gasteiger partial charge is 0.496 e. The van der Waals surface area contributed by atoms with Gasteiger partial charge < -0.3 is 23.7 Å². The predicted octanol–water partition coefficient (Wildman–Crippen LogP) is 4.09. The van der Waals surface area contributed by atoms with E-state index in [1.807, 2.05) is 6.07 Å². The Hall–Kier alpha value is -3.19. The van der Waals surface area contributed by atoms with Crippen molar-refractivity contribution >= 4 is 11.9 Å². The van der Waals surface area contributed by atoms with E-state index in [4.69, 9.17) is 23.7 Å². The number of allylic oxidation sites excluding steroid dienone is 1. The van der Waals surface area contributed by atoms with E-state index >= 15 is 0 Å². The molecule has 0 saturated carbocycles. The fraction of sp³-hybridized carbons (Fsp3) is 0.400. The van der Waals surface area contributed by atoms with Crippen LogP contribution in [0.25, 0.3) is 6.08 Å². The van der Waals surface area contributed by atoms with Crippen LogP contribution < -0.4 is 23.7 Å². The van der Waals surface area contributed by atoms with Crippen molar-refractivity contribution in [1.29, 1.82) is 0 Å². The molecule has 0 radical (unpaired) electrons. The first kappa shape index (κ1) is 23.5. The molecule has 2 aromatic rings. The third-order valence-electron chi connectivity index (χ3n) is 5.44. The second-order valence-electron chi connectivity index (χ2n) is 7.41. The van der Waals surface area contributed by atoms with Gasteiger partial charge in [-0.15, -0.1) is 0 Å². The SMILES string of the molecule is COc1cc(OC)c(C(=O)C=Cc2ccc(OC)c(OC)c2)c(OCCN2CCCC2)c1. The van der Waals surface area contributed by atoms with Crippen LogP contribution in [0.15, 0.2) is 36.4 Å². The molecular weight excluding hydrogens is 410 g/mol. The monoisotopic (exact) mass is 441 g/mol. The van der Waals surface area contributed by atoms with Crippen molar-refractivity contribution in [2.75, 3.05) is 54.7 Å². The number of nitrogens with zero attached hydrogens (tertiary/aromatic N) is 1. The minimum atomic E-state index is -0.226. The quantitative estimate of drug-likeness (QED) is 0.384. The summed E-state index contributed by atoms with van der Waals surface area (Å²) >= 11 is 0. The minimum absolute atomic E-state index is 0.226. The van der Waals surface area contributed by atoms with Gasteiger partial charge >= 0.3 is 0 Å². The summed E-state index contributed by atoms with van der Waals surface area (Å²) in [5.74, 6) is 2.41. The molecule has 0 aromatic heterocycles. The summed E-state index contributed by atoms with van der Waals surface area (Å²) in [5, 5.41) is 0. The van der Waals surface area contributed by atoms with Gasteiger partial charge in [0.1, 0.15) is 29.4 Å². The van der Waals surface area contributed by atoms with Crippen molar-refractivity contribution in [2.45, 2.75) is 12.8 Å². The number of benzene rings is 2. The van der Waals surface area contributed by atoms with Crippen LogP contribution in [0.4, 0.5) is 0 Å². The Bertz CT molecular complexity index is 950. The number of rotatable bonds is 11. The van der Waals surface area contributed by atoms with Gasteiger partial charge in [-0.25, -0.2) is 0 Å². The molecular formula is C25H31NO6. The number of hydrogen-bond acceptors (Lipinski definition) is 7. The average Bonchev–Trinajstić information content (AvgIpc) is 3.35. The lowest BCUT2D eigenvalue weighted by Crippen LogP contribution is -2.25. The van der Waals surface area contributed by atoms with E-state index in [0.29, 0.717) is 40.9 Å². The maximum Gasteiger partial charge on any atom is 0.193 e. The standard InChI is InChI=1S/C25H31NO6/c1-28-19-16-23(31-4)25(24(17-19)32-14-13-26-11-5-6-12-26)20(27)9-7-18-8-10-21(29-2)22(15-18)30-3/h7-10,15-17H,5-6,11-14H2,1-4H3. The summed E-state index contributed by atoms with van der Waals surface area (Å²) in [6.45, 7) is 3.47. The number of methoxy groups -OCH3 is 4. The van der Waals surface area contributed by atoms with Gasteiger partial charge in [0.25, 0.3) is 0 Å². The smallest absolute Gasteiger partial charge is 0.193 e. The van der Waals surface area contributed by atoms with Crippen LogP contribution in [0, 0.1) is 0 Å². The van der Waals surface area contributed by atoms with Gasteiger partial charge in [0, 0.05) is 18.7 Å². The molecule has 0 N–H and O–H groups in total. The average molecular weight is 442 g/mol. The number of ether oxygens (including phenoxy) is 5. The van der Waals surface area contributed by atoms with E-state index < -0.39 is 0 Å². The molecule has 7 nitrogen and oxygen atoms in total. The van der Waals surface area contributed by atoms with Crippen LogP contribution in [0.1, 0.15) is 28.8 Å². The van der Waals surface area contributed by atoms with Crippen molar-refractivity contribution in [3.8, 4) is 28.7 Å². The Morgan fingerprint density at radius 1 is 0.875 bits per heavy atom. The molecule has 0 bridgehead atoms. The molecule has 1 fully saturated rings. The highest BCUT2D eigenvalue weighted by Crippen LogP contribution is 2.35. The molecule has 1 heterocycles.